The van der Waals surface area contributed by atoms with E-state index in [4.69, 9.17) is 10.5 Å². The standard InChI is InChI=1S/C34H58N2O3.2H2/c1-23(2)10-9-11-24(3)28-15-16-29-27-14-13-25-22-26(39-32(38)36-21-8-6-7-12-31(35)37)17-19-33(25,4)30(27)18-20-34(28,29)5;;/h13,23-24,26-30H,6-12,14-22H2,1-5H3,(H2,35,37)(H,36,38);2*1H/t24-,26+,27?,28-,29?,30?,33+,34-;;/m0../s1. The molecule has 5 nitrogen and oxygen atoms in total. The summed E-state index contributed by atoms with van der Waals surface area (Å²) < 4.78 is 5.87. The van der Waals surface area contributed by atoms with E-state index in [2.05, 4.69) is 46.0 Å². The van der Waals surface area contributed by atoms with Gasteiger partial charge >= 0.3 is 6.09 Å². The number of alkyl carbamates (subject to hydrolysis) is 1. The molecule has 0 aromatic carbocycles. The summed E-state index contributed by atoms with van der Waals surface area (Å²) in [6, 6.07) is 0. The smallest absolute Gasteiger partial charge is 0.407 e. The van der Waals surface area contributed by atoms with Crippen molar-refractivity contribution in [1.29, 1.82) is 0 Å². The van der Waals surface area contributed by atoms with E-state index in [0.717, 1.165) is 74.0 Å². The molecule has 0 aromatic heterocycles. The zero-order chi connectivity index (χ0) is 28.2. The molecule has 2 amide bonds. The molecule has 0 bridgehead atoms. The number of hydrogen-bond donors (Lipinski definition) is 2. The predicted molar refractivity (Wildman–Crippen MR) is 163 cm³/mol. The minimum absolute atomic E-state index is 0. The molecule has 3 saturated carbocycles. The Bertz CT molecular complexity index is 895. The Morgan fingerprint density at radius 1 is 1.03 bits per heavy atom. The van der Waals surface area contributed by atoms with Gasteiger partial charge in [-0.2, -0.15) is 0 Å². The lowest BCUT2D eigenvalue weighted by Gasteiger charge is -2.58. The summed E-state index contributed by atoms with van der Waals surface area (Å²) in [6.45, 7) is 13.1. The van der Waals surface area contributed by atoms with Crippen LogP contribution in [0, 0.1) is 46.3 Å². The number of allylic oxidation sites excluding steroid dienone is 1. The number of carbonyl (C=O) groups excluding carboxylic acids is 2. The number of rotatable bonds is 12. The first-order chi connectivity index (χ1) is 18.5. The molecule has 226 valence electrons. The van der Waals surface area contributed by atoms with Crippen molar-refractivity contribution < 1.29 is 17.2 Å². The van der Waals surface area contributed by atoms with Crippen LogP contribution in [0.2, 0.25) is 0 Å². The maximum absolute atomic E-state index is 12.4. The molecule has 3 N–H and O–H groups in total. The van der Waals surface area contributed by atoms with E-state index >= 15 is 0 Å². The molecule has 3 fully saturated rings. The van der Waals surface area contributed by atoms with Crippen molar-refractivity contribution in [3.05, 3.63) is 11.6 Å². The Labute approximate surface area is 241 Å². The van der Waals surface area contributed by atoms with E-state index < -0.39 is 0 Å². The second kappa shape index (κ2) is 13.0. The third-order valence-corrected chi connectivity index (χ3v) is 11.9. The van der Waals surface area contributed by atoms with Gasteiger partial charge in [-0.25, -0.2) is 4.79 Å². The quantitative estimate of drug-likeness (QED) is 0.190. The summed E-state index contributed by atoms with van der Waals surface area (Å²) >= 11 is 0. The molecule has 3 unspecified atom stereocenters. The topological polar surface area (TPSA) is 81.4 Å². The Morgan fingerprint density at radius 3 is 2.56 bits per heavy atom. The van der Waals surface area contributed by atoms with E-state index in [1.165, 1.54) is 51.4 Å². The van der Waals surface area contributed by atoms with Crippen LogP contribution < -0.4 is 11.1 Å². The molecule has 0 radical (unpaired) electrons. The lowest BCUT2D eigenvalue weighted by Crippen LogP contribution is -2.51. The highest BCUT2D eigenvalue weighted by Crippen LogP contribution is 2.67. The SMILES string of the molecule is CC(C)CCC[C@H](C)[C@@H]1CCC2C3CC=C4C[C@H](OC(=O)NCCCCCC(N)=O)CC[C@@]4(C)C3CC[C@]21C.[HH].[HH]. The summed E-state index contributed by atoms with van der Waals surface area (Å²) in [5, 5.41) is 2.91. The molecular weight excluding hydrogens is 484 g/mol. The van der Waals surface area contributed by atoms with Crippen LogP contribution >= 0.6 is 0 Å². The number of hydrogen-bond acceptors (Lipinski definition) is 3. The summed E-state index contributed by atoms with van der Waals surface area (Å²) in [5.41, 5.74) is 7.56. The summed E-state index contributed by atoms with van der Waals surface area (Å²) in [5.74, 6) is 4.83. The summed E-state index contributed by atoms with van der Waals surface area (Å²) in [6.07, 6.45) is 19.3. The van der Waals surface area contributed by atoms with Crippen molar-refractivity contribution in [2.24, 2.45) is 52.1 Å². The fourth-order valence-electron chi connectivity index (χ4n) is 9.74. The predicted octanol–water partition coefficient (Wildman–Crippen LogP) is 8.66. The highest BCUT2D eigenvalue weighted by molar-refractivity contribution is 5.73. The molecule has 5 heteroatoms. The number of ether oxygens (including phenoxy) is 1. The van der Waals surface area contributed by atoms with Crippen molar-refractivity contribution in [3.8, 4) is 0 Å². The summed E-state index contributed by atoms with van der Waals surface area (Å²) in [4.78, 5) is 23.3. The Kier molecular flexibility index (Phi) is 10.1. The zero-order valence-electron chi connectivity index (χ0n) is 25.7. The monoisotopic (exact) mass is 546 g/mol. The van der Waals surface area contributed by atoms with Crippen LogP contribution in [0.5, 0.6) is 0 Å². The summed E-state index contributed by atoms with van der Waals surface area (Å²) in [7, 11) is 0. The van der Waals surface area contributed by atoms with Crippen LogP contribution in [0.1, 0.15) is 134 Å². The maximum Gasteiger partial charge on any atom is 0.407 e. The van der Waals surface area contributed by atoms with Gasteiger partial charge in [0.25, 0.3) is 0 Å². The van der Waals surface area contributed by atoms with E-state index in [0.29, 0.717) is 18.4 Å². The van der Waals surface area contributed by atoms with Gasteiger partial charge in [-0.1, -0.05) is 72.0 Å². The van der Waals surface area contributed by atoms with Gasteiger partial charge < -0.3 is 15.8 Å². The highest BCUT2D eigenvalue weighted by Gasteiger charge is 2.59. The van der Waals surface area contributed by atoms with Crippen molar-refractivity contribution in [2.75, 3.05) is 6.54 Å². The molecule has 8 atom stereocenters. The fraction of sp³-hybridized carbons (Fsp3) is 0.882. The van der Waals surface area contributed by atoms with Gasteiger partial charge in [0.1, 0.15) is 6.10 Å². The largest absolute Gasteiger partial charge is 0.446 e. The van der Waals surface area contributed by atoms with Gasteiger partial charge in [0.2, 0.25) is 5.91 Å². The second-order valence-corrected chi connectivity index (χ2v) is 14.8. The van der Waals surface area contributed by atoms with Gasteiger partial charge in [-0.3, -0.25) is 4.79 Å². The first-order valence-electron chi connectivity index (χ1n) is 16.5. The Morgan fingerprint density at radius 2 is 1.82 bits per heavy atom. The van der Waals surface area contributed by atoms with Gasteiger partial charge in [-0.15, -0.1) is 0 Å². The van der Waals surface area contributed by atoms with Gasteiger partial charge in [-0.05, 0) is 104 Å². The van der Waals surface area contributed by atoms with Crippen LogP contribution in [0.4, 0.5) is 4.79 Å². The van der Waals surface area contributed by atoms with Crippen LogP contribution in [-0.4, -0.2) is 24.6 Å². The lowest BCUT2D eigenvalue weighted by molar-refractivity contribution is -0.118. The van der Waals surface area contributed by atoms with E-state index in [9.17, 15) is 9.59 Å². The van der Waals surface area contributed by atoms with Crippen LogP contribution in [-0.2, 0) is 9.53 Å². The van der Waals surface area contributed by atoms with Gasteiger partial charge in [0, 0.05) is 22.2 Å². The molecule has 4 aliphatic carbocycles. The normalized spacial score (nSPS) is 36.4. The van der Waals surface area contributed by atoms with Crippen LogP contribution in [0.15, 0.2) is 11.6 Å². The van der Waals surface area contributed by atoms with Gasteiger partial charge in [0.15, 0.2) is 0 Å². The zero-order valence-corrected chi connectivity index (χ0v) is 25.7. The van der Waals surface area contributed by atoms with Crippen molar-refractivity contribution in [3.63, 3.8) is 0 Å². The Balaban J connectivity index is 0.00000294. The number of amides is 2. The molecule has 0 spiro atoms. The first kappa shape index (κ1) is 30.4. The molecule has 0 aliphatic heterocycles. The van der Waals surface area contributed by atoms with E-state index in [1.54, 1.807) is 5.57 Å². The van der Waals surface area contributed by atoms with Crippen LogP contribution in [0.25, 0.3) is 0 Å². The number of primary amides is 1. The van der Waals surface area contributed by atoms with E-state index in [1.807, 2.05) is 0 Å². The molecule has 0 aromatic rings. The van der Waals surface area contributed by atoms with Crippen molar-refractivity contribution >= 4 is 12.0 Å². The minimum Gasteiger partial charge on any atom is -0.446 e. The molecular formula is C34H62N2O3. The molecule has 4 aliphatic rings. The number of nitrogens with two attached hydrogens (primary N) is 1. The Hall–Kier alpha value is -1.52. The van der Waals surface area contributed by atoms with Crippen LogP contribution in [0.3, 0.4) is 0 Å². The second-order valence-electron chi connectivity index (χ2n) is 14.8. The average Bonchev–Trinajstić information content (AvgIpc) is 3.23. The van der Waals surface area contributed by atoms with Gasteiger partial charge in [0.05, 0.1) is 0 Å². The third kappa shape index (κ3) is 6.87. The average molecular weight is 547 g/mol. The van der Waals surface area contributed by atoms with Crippen molar-refractivity contribution in [1.82, 2.24) is 5.32 Å². The third-order valence-electron chi connectivity index (χ3n) is 11.9. The number of unbranched alkanes of at least 4 members (excludes halogenated alkanes) is 2. The maximum atomic E-state index is 12.4. The fourth-order valence-corrected chi connectivity index (χ4v) is 9.74. The van der Waals surface area contributed by atoms with E-state index in [-0.39, 0.29) is 26.4 Å². The number of carbonyl (C=O) groups is 2. The minimum atomic E-state index is -0.291. The number of nitrogens with one attached hydrogen (secondary N) is 1. The first-order valence-corrected chi connectivity index (χ1v) is 16.5. The van der Waals surface area contributed by atoms with Crippen molar-refractivity contribution in [2.45, 2.75) is 137 Å². The molecule has 39 heavy (non-hydrogen) atoms. The molecule has 0 heterocycles. The molecule has 0 saturated heterocycles. The lowest BCUT2D eigenvalue weighted by atomic mass is 9.47. The highest BCUT2D eigenvalue weighted by atomic mass is 16.6. The molecule has 4 rings (SSSR count). The number of fused-ring (bicyclic) bond motifs is 5.